The Labute approximate surface area is 109 Å². The van der Waals surface area contributed by atoms with Gasteiger partial charge in [-0.1, -0.05) is 6.07 Å². The number of β-amino-alcohol motifs (C(OH)–C–C–N with tert-alkyl or cyclic N) is 1. The molecule has 1 amide bonds. The normalized spacial score (nSPS) is 20.4. The zero-order chi connectivity index (χ0) is 12.4. The molecule has 1 aliphatic heterocycles. The van der Waals surface area contributed by atoms with Crippen molar-refractivity contribution in [3.63, 3.8) is 0 Å². The first-order valence-corrected chi connectivity index (χ1v) is 6.40. The van der Waals surface area contributed by atoms with E-state index in [9.17, 15) is 9.90 Å². The van der Waals surface area contributed by atoms with Crippen LogP contribution < -0.4 is 5.73 Å². The molecule has 2 rings (SSSR count). The van der Waals surface area contributed by atoms with E-state index in [0.717, 1.165) is 12.8 Å². The van der Waals surface area contributed by atoms with Crippen LogP contribution in [0.3, 0.4) is 0 Å². The van der Waals surface area contributed by atoms with Gasteiger partial charge in [0.25, 0.3) is 5.91 Å². The second kappa shape index (κ2) is 5.06. The second-order valence-corrected chi connectivity index (χ2v) is 5.05. The minimum absolute atomic E-state index is 0.0806. The lowest BCUT2D eigenvalue weighted by Crippen LogP contribution is -2.42. The first-order chi connectivity index (χ1) is 8.09. The fourth-order valence-corrected chi connectivity index (χ4v) is 2.46. The van der Waals surface area contributed by atoms with Crippen LogP contribution in [-0.4, -0.2) is 35.1 Å². The van der Waals surface area contributed by atoms with E-state index in [-0.39, 0.29) is 5.91 Å². The van der Waals surface area contributed by atoms with Crippen LogP contribution in [0.5, 0.6) is 0 Å². The van der Waals surface area contributed by atoms with Gasteiger partial charge in [0.2, 0.25) is 0 Å². The van der Waals surface area contributed by atoms with Gasteiger partial charge < -0.3 is 15.7 Å². The SMILES string of the molecule is Nc1cccc(C(=O)N2CCC[C@H](O)C2)c1Br. The van der Waals surface area contributed by atoms with Crippen LogP contribution in [0.25, 0.3) is 0 Å². The molecule has 0 spiro atoms. The molecule has 3 N–H and O–H groups in total. The highest BCUT2D eigenvalue weighted by molar-refractivity contribution is 9.10. The summed E-state index contributed by atoms with van der Waals surface area (Å²) in [5.74, 6) is -0.0806. The van der Waals surface area contributed by atoms with Crippen LogP contribution in [0.15, 0.2) is 22.7 Å². The van der Waals surface area contributed by atoms with Crippen molar-refractivity contribution < 1.29 is 9.90 Å². The fraction of sp³-hybridized carbons (Fsp3) is 0.417. The monoisotopic (exact) mass is 298 g/mol. The number of amides is 1. The lowest BCUT2D eigenvalue weighted by Gasteiger charge is -2.30. The minimum Gasteiger partial charge on any atom is -0.398 e. The molecule has 1 aliphatic rings. The summed E-state index contributed by atoms with van der Waals surface area (Å²) in [5.41, 5.74) is 6.85. The largest absolute Gasteiger partial charge is 0.398 e. The Bertz CT molecular complexity index is 437. The van der Waals surface area contributed by atoms with E-state index in [0.29, 0.717) is 28.8 Å². The molecule has 0 unspecified atom stereocenters. The van der Waals surface area contributed by atoms with E-state index in [1.54, 1.807) is 23.1 Å². The van der Waals surface area contributed by atoms with Crippen molar-refractivity contribution in [2.45, 2.75) is 18.9 Å². The van der Waals surface area contributed by atoms with E-state index in [1.165, 1.54) is 0 Å². The van der Waals surface area contributed by atoms with E-state index in [1.807, 2.05) is 0 Å². The van der Waals surface area contributed by atoms with E-state index >= 15 is 0 Å². The third-order valence-corrected chi connectivity index (χ3v) is 3.83. The summed E-state index contributed by atoms with van der Waals surface area (Å²) in [5, 5.41) is 9.57. The maximum atomic E-state index is 12.2. The number of anilines is 1. The van der Waals surface area contributed by atoms with Gasteiger partial charge in [-0.2, -0.15) is 0 Å². The number of aliphatic hydroxyl groups is 1. The van der Waals surface area contributed by atoms with Crippen molar-refractivity contribution in [1.29, 1.82) is 0 Å². The summed E-state index contributed by atoms with van der Waals surface area (Å²) >= 11 is 3.33. The molecular formula is C12H15BrN2O2. The number of aliphatic hydroxyl groups excluding tert-OH is 1. The van der Waals surface area contributed by atoms with Crippen LogP contribution in [0.4, 0.5) is 5.69 Å². The smallest absolute Gasteiger partial charge is 0.255 e. The van der Waals surface area contributed by atoms with Crippen LogP contribution in [0.1, 0.15) is 23.2 Å². The molecule has 0 aliphatic carbocycles. The predicted molar refractivity (Wildman–Crippen MR) is 69.7 cm³/mol. The van der Waals surface area contributed by atoms with Gasteiger partial charge in [0.1, 0.15) is 0 Å². The Morgan fingerprint density at radius 2 is 2.29 bits per heavy atom. The Hall–Kier alpha value is -1.07. The molecule has 1 heterocycles. The van der Waals surface area contributed by atoms with Crippen molar-refractivity contribution in [3.05, 3.63) is 28.2 Å². The average molecular weight is 299 g/mol. The number of hydrogen-bond donors (Lipinski definition) is 2. The average Bonchev–Trinajstić information content (AvgIpc) is 2.32. The zero-order valence-electron chi connectivity index (χ0n) is 9.40. The number of benzene rings is 1. The summed E-state index contributed by atoms with van der Waals surface area (Å²) < 4.78 is 0.630. The van der Waals surface area contributed by atoms with Gasteiger partial charge in [0, 0.05) is 18.8 Å². The lowest BCUT2D eigenvalue weighted by atomic mass is 10.1. The Morgan fingerprint density at radius 1 is 1.53 bits per heavy atom. The first kappa shape index (κ1) is 12.4. The van der Waals surface area contributed by atoms with Gasteiger partial charge in [-0.25, -0.2) is 0 Å². The molecule has 0 saturated carbocycles. The van der Waals surface area contributed by atoms with E-state index in [4.69, 9.17) is 5.73 Å². The molecule has 1 aromatic carbocycles. The van der Waals surface area contributed by atoms with Crippen LogP contribution in [0.2, 0.25) is 0 Å². The lowest BCUT2D eigenvalue weighted by molar-refractivity contribution is 0.0473. The molecule has 0 aromatic heterocycles. The third kappa shape index (κ3) is 2.61. The number of carbonyl (C=O) groups is 1. The van der Waals surface area contributed by atoms with Crippen molar-refractivity contribution in [2.75, 3.05) is 18.8 Å². The molecule has 4 nitrogen and oxygen atoms in total. The standard InChI is InChI=1S/C12H15BrN2O2/c13-11-9(4-1-5-10(11)14)12(17)15-6-2-3-8(16)7-15/h1,4-5,8,16H,2-3,6-7,14H2/t8-/m0/s1. The zero-order valence-corrected chi connectivity index (χ0v) is 11.0. The molecule has 0 radical (unpaired) electrons. The van der Waals surface area contributed by atoms with Crippen LogP contribution in [0, 0.1) is 0 Å². The van der Waals surface area contributed by atoms with E-state index in [2.05, 4.69) is 15.9 Å². The molecule has 1 fully saturated rings. The summed E-state index contributed by atoms with van der Waals surface area (Å²) in [7, 11) is 0. The molecule has 92 valence electrons. The van der Waals surface area contributed by atoms with Crippen molar-refractivity contribution in [1.82, 2.24) is 4.90 Å². The topological polar surface area (TPSA) is 66.6 Å². The number of halogens is 1. The number of piperidine rings is 1. The Morgan fingerprint density at radius 3 is 3.00 bits per heavy atom. The molecule has 17 heavy (non-hydrogen) atoms. The maximum absolute atomic E-state index is 12.2. The van der Waals surface area contributed by atoms with Gasteiger partial charge in [-0.05, 0) is 40.9 Å². The van der Waals surface area contributed by atoms with Gasteiger partial charge in [0.15, 0.2) is 0 Å². The molecule has 1 saturated heterocycles. The highest BCUT2D eigenvalue weighted by Gasteiger charge is 2.24. The number of nitrogen functional groups attached to an aromatic ring is 1. The molecule has 1 atom stereocenters. The fourth-order valence-electron chi connectivity index (χ4n) is 2.02. The number of rotatable bonds is 1. The van der Waals surface area contributed by atoms with Crippen molar-refractivity contribution >= 4 is 27.5 Å². The minimum atomic E-state index is -0.410. The number of likely N-dealkylation sites (tertiary alicyclic amines) is 1. The number of carbonyl (C=O) groups excluding carboxylic acids is 1. The second-order valence-electron chi connectivity index (χ2n) is 4.26. The highest BCUT2D eigenvalue weighted by atomic mass is 79.9. The van der Waals surface area contributed by atoms with Gasteiger partial charge in [-0.15, -0.1) is 0 Å². The van der Waals surface area contributed by atoms with Crippen LogP contribution in [-0.2, 0) is 0 Å². The number of nitrogens with two attached hydrogens (primary N) is 1. The third-order valence-electron chi connectivity index (χ3n) is 2.94. The van der Waals surface area contributed by atoms with Crippen molar-refractivity contribution in [3.8, 4) is 0 Å². The van der Waals surface area contributed by atoms with E-state index < -0.39 is 6.10 Å². The first-order valence-electron chi connectivity index (χ1n) is 5.61. The maximum Gasteiger partial charge on any atom is 0.255 e. The quantitative estimate of drug-likeness (QED) is 0.775. The van der Waals surface area contributed by atoms with Crippen molar-refractivity contribution in [2.24, 2.45) is 0 Å². The predicted octanol–water partition coefficient (Wildman–Crippen LogP) is 1.63. The molecular weight excluding hydrogens is 284 g/mol. The Kier molecular flexibility index (Phi) is 3.69. The van der Waals surface area contributed by atoms with Gasteiger partial charge in [0.05, 0.1) is 16.1 Å². The number of hydrogen-bond acceptors (Lipinski definition) is 3. The summed E-state index contributed by atoms with van der Waals surface area (Å²) in [4.78, 5) is 13.9. The van der Waals surface area contributed by atoms with Gasteiger partial charge >= 0.3 is 0 Å². The van der Waals surface area contributed by atoms with Crippen LogP contribution >= 0.6 is 15.9 Å². The number of nitrogens with zero attached hydrogens (tertiary/aromatic N) is 1. The summed E-state index contributed by atoms with van der Waals surface area (Å²) in [6, 6.07) is 5.24. The highest BCUT2D eigenvalue weighted by Crippen LogP contribution is 2.25. The van der Waals surface area contributed by atoms with Gasteiger partial charge in [-0.3, -0.25) is 4.79 Å². The summed E-state index contributed by atoms with van der Waals surface area (Å²) in [6.45, 7) is 1.09. The molecule has 5 heteroatoms. The Balaban J connectivity index is 2.22. The summed E-state index contributed by atoms with van der Waals surface area (Å²) in [6.07, 6.45) is 1.20. The molecule has 1 aromatic rings. The molecule has 0 bridgehead atoms.